The molecule has 0 radical (unpaired) electrons. The Labute approximate surface area is 238 Å². The third-order valence-electron chi connectivity index (χ3n) is 10.5. The summed E-state index contributed by atoms with van der Waals surface area (Å²) in [6.07, 6.45) is 3.83. The first-order valence-electron chi connectivity index (χ1n) is 15.2. The van der Waals surface area contributed by atoms with Gasteiger partial charge in [0.25, 0.3) is 0 Å². The minimum atomic E-state index is -0.356. The largest absolute Gasteiger partial charge is 0.443 e. The van der Waals surface area contributed by atoms with E-state index < -0.39 is 0 Å². The summed E-state index contributed by atoms with van der Waals surface area (Å²) in [5, 5.41) is 0. The fourth-order valence-electron chi connectivity index (χ4n) is 7.80. The van der Waals surface area contributed by atoms with Gasteiger partial charge in [0.05, 0.1) is 31.8 Å². The molecule has 4 aliphatic heterocycles. The molecule has 6 rings (SSSR count). The van der Waals surface area contributed by atoms with Gasteiger partial charge in [-0.15, -0.1) is 0 Å². The lowest BCUT2D eigenvalue weighted by atomic mass is 9.68. The molecule has 10 nitrogen and oxygen atoms in total. The Bertz CT molecular complexity index is 995. The van der Waals surface area contributed by atoms with E-state index in [9.17, 15) is 9.59 Å². The Hall–Kier alpha value is -1.72. The molecule has 0 aromatic rings. The van der Waals surface area contributed by atoms with Crippen LogP contribution in [0.1, 0.15) is 40.0 Å². The van der Waals surface area contributed by atoms with E-state index in [-0.39, 0.29) is 65.2 Å². The zero-order valence-corrected chi connectivity index (χ0v) is 24.8. The summed E-state index contributed by atoms with van der Waals surface area (Å²) >= 11 is 0. The number of carbonyl (C=O) groups is 2. The predicted molar refractivity (Wildman–Crippen MR) is 147 cm³/mol. The molecule has 4 saturated heterocycles. The summed E-state index contributed by atoms with van der Waals surface area (Å²) in [5.41, 5.74) is 0.681. The average molecular weight is 562 g/mol. The second-order valence-electron chi connectivity index (χ2n) is 13.3. The molecule has 10 heteroatoms. The van der Waals surface area contributed by atoms with Crippen molar-refractivity contribution in [2.24, 2.45) is 23.7 Å². The van der Waals surface area contributed by atoms with Crippen LogP contribution in [0.2, 0.25) is 0 Å². The van der Waals surface area contributed by atoms with Gasteiger partial charge in [0.1, 0.15) is 23.4 Å². The first-order chi connectivity index (χ1) is 19.2. The number of allylic oxidation sites excluding steroid dienone is 1. The molecule has 6 fully saturated rings. The van der Waals surface area contributed by atoms with Crippen molar-refractivity contribution in [1.82, 2.24) is 14.7 Å². The highest BCUT2D eigenvalue weighted by Gasteiger charge is 2.72. The Morgan fingerprint density at radius 1 is 1.15 bits per heavy atom. The van der Waals surface area contributed by atoms with Crippen molar-refractivity contribution in [3.63, 3.8) is 0 Å². The Kier molecular flexibility index (Phi) is 7.70. The average Bonchev–Trinajstić information content (AvgIpc) is 3.91. The number of rotatable bonds is 9. The third-order valence-corrected chi connectivity index (χ3v) is 10.5. The number of carbonyl (C=O) groups excluding carboxylic acids is 2. The van der Waals surface area contributed by atoms with E-state index in [1.54, 1.807) is 12.0 Å². The van der Waals surface area contributed by atoms with E-state index in [0.717, 1.165) is 52.2 Å². The molecule has 40 heavy (non-hydrogen) atoms. The van der Waals surface area contributed by atoms with Gasteiger partial charge in [0.15, 0.2) is 0 Å². The minimum absolute atomic E-state index is 0.00842. The van der Waals surface area contributed by atoms with Crippen LogP contribution in [0.25, 0.3) is 0 Å². The molecule has 1 spiro atoms. The topological polar surface area (TPSA) is 96.6 Å². The van der Waals surface area contributed by atoms with Crippen LogP contribution in [0.3, 0.4) is 0 Å². The standard InChI is InChI=1S/C30H47N3O7/c1-19(2)6-7-23-29(3,40-23)26-25(36-5)22(8-9-30(26)18-38-30)39-28(35)33-16-20-21(17-33)24(20)27(34)31(4)10-11-32-12-14-37-15-13-32/h6,20-26H,7-18H2,1-5H3/t20-,21+,22-,23-,24+,25-,26-,29+,30+/m1/s1. The van der Waals surface area contributed by atoms with Crippen molar-refractivity contribution in [2.45, 2.75) is 69.5 Å². The number of morpholine rings is 1. The number of hydrogen-bond acceptors (Lipinski definition) is 8. The van der Waals surface area contributed by atoms with E-state index in [4.69, 9.17) is 23.7 Å². The molecular formula is C30H47N3O7. The Morgan fingerprint density at radius 2 is 1.85 bits per heavy atom. The summed E-state index contributed by atoms with van der Waals surface area (Å²) in [6.45, 7) is 13.2. The second-order valence-corrected chi connectivity index (χ2v) is 13.3. The van der Waals surface area contributed by atoms with Crippen LogP contribution >= 0.6 is 0 Å². The molecule has 2 aliphatic carbocycles. The van der Waals surface area contributed by atoms with Gasteiger partial charge in [0, 0.05) is 59.3 Å². The predicted octanol–water partition coefficient (Wildman–Crippen LogP) is 2.17. The van der Waals surface area contributed by atoms with Gasteiger partial charge in [-0.2, -0.15) is 0 Å². The number of nitrogens with zero attached hydrogens (tertiary/aromatic N) is 3. The van der Waals surface area contributed by atoms with Gasteiger partial charge in [-0.25, -0.2) is 4.79 Å². The van der Waals surface area contributed by atoms with Crippen molar-refractivity contribution in [3.05, 3.63) is 11.6 Å². The number of epoxide rings is 2. The second kappa shape index (κ2) is 10.8. The number of fused-ring (bicyclic) bond motifs is 1. The summed E-state index contributed by atoms with van der Waals surface area (Å²) in [7, 11) is 3.60. The van der Waals surface area contributed by atoms with Crippen LogP contribution in [-0.2, 0) is 28.5 Å². The highest BCUT2D eigenvalue weighted by atomic mass is 16.6. The number of likely N-dealkylation sites (tertiary alicyclic amines) is 1. The number of hydrogen-bond donors (Lipinski definition) is 0. The van der Waals surface area contributed by atoms with Crippen molar-refractivity contribution in [1.29, 1.82) is 0 Å². The van der Waals surface area contributed by atoms with Gasteiger partial charge in [-0.3, -0.25) is 9.69 Å². The van der Waals surface area contributed by atoms with Crippen LogP contribution in [0.4, 0.5) is 4.79 Å². The van der Waals surface area contributed by atoms with Crippen LogP contribution in [0.15, 0.2) is 11.6 Å². The lowest BCUT2D eigenvalue weighted by Crippen LogP contribution is -2.56. The van der Waals surface area contributed by atoms with Gasteiger partial charge >= 0.3 is 6.09 Å². The van der Waals surface area contributed by atoms with E-state index >= 15 is 0 Å². The van der Waals surface area contributed by atoms with E-state index in [1.165, 1.54) is 5.57 Å². The Morgan fingerprint density at radius 3 is 2.48 bits per heavy atom. The number of amides is 2. The van der Waals surface area contributed by atoms with E-state index in [1.807, 2.05) is 11.9 Å². The molecule has 0 aromatic heterocycles. The molecule has 224 valence electrons. The van der Waals surface area contributed by atoms with Crippen LogP contribution < -0.4 is 0 Å². The quantitative estimate of drug-likeness (QED) is 0.312. The first kappa shape index (κ1) is 28.4. The molecule has 4 heterocycles. The fourth-order valence-corrected chi connectivity index (χ4v) is 7.80. The highest BCUT2D eigenvalue weighted by molar-refractivity contribution is 5.83. The van der Waals surface area contributed by atoms with Crippen molar-refractivity contribution < 1.29 is 33.3 Å². The molecule has 6 aliphatic rings. The summed E-state index contributed by atoms with van der Waals surface area (Å²) in [5.74, 6) is 0.720. The zero-order valence-electron chi connectivity index (χ0n) is 24.8. The normalized spacial score (nSPS) is 41.8. The molecule has 0 unspecified atom stereocenters. The summed E-state index contributed by atoms with van der Waals surface area (Å²) in [4.78, 5) is 32.4. The number of likely N-dealkylation sites (N-methyl/N-ethyl adjacent to an activating group) is 1. The lowest BCUT2D eigenvalue weighted by Gasteiger charge is -2.43. The molecule has 0 bridgehead atoms. The molecule has 2 amide bonds. The van der Waals surface area contributed by atoms with Gasteiger partial charge in [0.2, 0.25) is 5.91 Å². The van der Waals surface area contributed by atoms with Crippen molar-refractivity contribution in [3.8, 4) is 0 Å². The SMILES string of the molecule is CO[C@@H]1[C@H](OC(=O)N2C[C@@H]3[C@H](C2)[C@H]3C(=O)N(C)CCN2CCOCC2)CC[C@]2(CO2)[C@H]1[C@@]1(C)O[C@@H]1CC=C(C)C. The smallest absolute Gasteiger partial charge is 0.410 e. The molecular weight excluding hydrogens is 514 g/mol. The summed E-state index contributed by atoms with van der Waals surface area (Å²) in [6, 6.07) is 0. The van der Waals surface area contributed by atoms with Gasteiger partial charge in [-0.05, 0) is 51.9 Å². The minimum Gasteiger partial charge on any atom is -0.443 e. The maximum absolute atomic E-state index is 13.3. The molecule has 0 aromatic carbocycles. The number of piperidine rings is 1. The maximum Gasteiger partial charge on any atom is 0.410 e. The first-order valence-corrected chi connectivity index (χ1v) is 15.2. The monoisotopic (exact) mass is 561 g/mol. The lowest BCUT2D eigenvalue weighted by molar-refractivity contribution is -0.132. The van der Waals surface area contributed by atoms with Gasteiger partial charge < -0.3 is 33.5 Å². The van der Waals surface area contributed by atoms with Crippen LogP contribution in [0, 0.1) is 23.7 Å². The van der Waals surface area contributed by atoms with Crippen molar-refractivity contribution >= 4 is 12.0 Å². The summed E-state index contributed by atoms with van der Waals surface area (Å²) < 4.78 is 29.9. The van der Waals surface area contributed by atoms with E-state index in [0.29, 0.717) is 26.1 Å². The maximum atomic E-state index is 13.3. The van der Waals surface area contributed by atoms with E-state index in [2.05, 4.69) is 31.7 Å². The van der Waals surface area contributed by atoms with Gasteiger partial charge in [-0.1, -0.05) is 11.6 Å². The Balaban J connectivity index is 1.00. The zero-order chi connectivity index (χ0) is 28.2. The third kappa shape index (κ3) is 5.30. The molecule has 9 atom stereocenters. The molecule has 0 N–H and O–H groups in total. The fraction of sp³-hybridized carbons (Fsp3) is 0.867. The number of ether oxygens (including phenoxy) is 5. The van der Waals surface area contributed by atoms with Crippen LogP contribution in [0.5, 0.6) is 0 Å². The van der Waals surface area contributed by atoms with Crippen molar-refractivity contribution in [2.75, 3.05) is 73.2 Å². The highest BCUT2D eigenvalue weighted by Crippen LogP contribution is 2.60. The van der Waals surface area contributed by atoms with Crippen LogP contribution in [-0.4, -0.2) is 129 Å². The molecule has 2 saturated carbocycles. The number of methoxy groups -OCH3 is 1.